The lowest BCUT2D eigenvalue weighted by molar-refractivity contribution is -0.218. The van der Waals surface area contributed by atoms with Gasteiger partial charge in [0.05, 0.1) is 136 Å². The minimum absolute atomic E-state index is 0.0635. The number of methoxy groups -OCH3 is 2. The molecular formula is C42H69NO14. The number of hydrogen-bond acceptors (Lipinski definition) is 15. The second kappa shape index (κ2) is 23.9. The fraction of sp³-hybridized carbons (Fsp3) is 0.857. The number of ether oxygens (including phenoxy) is 13. The van der Waals surface area contributed by atoms with Crippen LogP contribution in [0.25, 0.3) is 0 Å². The van der Waals surface area contributed by atoms with Crippen molar-refractivity contribution in [2.45, 2.75) is 74.2 Å². The number of likely N-dealkylation sites (tertiary alicyclic amines) is 1. The monoisotopic (exact) mass is 811 g/mol. The molecule has 15 heteroatoms. The quantitative estimate of drug-likeness (QED) is 0.0821. The first kappa shape index (κ1) is 44.8. The minimum Gasteiger partial charge on any atom is -0.482 e. The van der Waals surface area contributed by atoms with E-state index >= 15 is 0 Å². The van der Waals surface area contributed by atoms with E-state index in [0.717, 1.165) is 49.6 Å². The number of aliphatic hydroxyl groups is 1. The van der Waals surface area contributed by atoms with Crippen LogP contribution >= 0.6 is 0 Å². The highest BCUT2D eigenvalue weighted by Gasteiger charge is 2.73. The van der Waals surface area contributed by atoms with Crippen LogP contribution in [0.1, 0.15) is 49.7 Å². The predicted octanol–water partition coefficient (Wildman–Crippen LogP) is 2.79. The Bertz CT molecular complexity index is 1290. The molecule has 1 N–H and O–H groups in total. The van der Waals surface area contributed by atoms with Crippen LogP contribution in [0.5, 0.6) is 11.5 Å². The highest BCUT2D eigenvalue weighted by Crippen LogP contribution is 2.66. The highest BCUT2D eigenvalue weighted by molar-refractivity contribution is 5.63. The van der Waals surface area contributed by atoms with Crippen LogP contribution in [-0.2, 0) is 63.9 Å². The molecule has 3 aliphatic carbocycles. The number of hydrogen-bond donors (Lipinski definition) is 1. The minimum atomic E-state index is -0.901. The average Bonchev–Trinajstić information content (AvgIpc) is 3.55. The summed E-state index contributed by atoms with van der Waals surface area (Å²) >= 11 is 0. The molecule has 15 nitrogen and oxygen atoms in total. The number of piperidine rings is 1. The third-order valence-corrected chi connectivity index (χ3v) is 12.2. The molecular weight excluding hydrogens is 742 g/mol. The first-order valence-electron chi connectivity index (χ1n) is 21.3. The molecule has 2 aliphatic heterocycles. The zero-order chi connectivity index (χ0) is 39.6. The van der Waals surface area contributed by atoms with Gasteiger partial charge in [-0.15, -0.1) is 0 Å². The van der Waals surface area contributed by atoms with Gasteiger partial charge < -0.3 is 66.7 Å². The van der Waals surface area contributed by atoms with Crippen LogP contribution < -0.4 is 9.47 Å². The van der Waals surface area contributed by atoms with E-state index in [4.69, 9.17) is 61.6 Å². The Morgan fingerprint density at radius 2 is 1.21 bits per heavy atom. The fourth-order valence-electron chi connectivity index (χ4n) is 9.21. The van der Waals surface area contributed by atoms with Gasteiger partial charge in [-0.2, -0.15) is 0 Å². The summed E-state index contributed by atoms with van der Waals surface area (Å²) in [6.45, 7) is 11.2. The zero-order valence-electron chi connectivity index (χ0n) is 34.5. The van der Waals surface area contributed by atoms with Gasteiger partial charge in [0.2, 0.25) is 0 Å². The van der Waals surface area contributed by atoms with Crippen molar-refractivity contribution in [2.24, 2.45) is 5.92 Å². The van der Waals surface area contributed by atoms with Gasteiger partial charge in [-0.05, 0) is 62.6 Å². The molecule has 3 fully saturated rings. The Balaban J connectivity index is 0.852. The molecule has 326 valence electrons. The van der Waals surface area contributed by atoms with Crippen molar-refractivity contribution in [1.82, 2.24) is 4.90 Å². The summed E-state index contributed by atoms with van der Waals surface area (Å²) in [6.07, 6.45) is 6.47. The topological polar surface area (TPSA) is 143 Å². The Kier molecular flexibility index (Phi) is 18.8. The van der Waals surface area contributed by atoms with Crippen LogP contribution in [0.15, 0.2) is 12.1 Å². The van der Waals surface area contributed by atoms with Crippen LogP contribution in [-0.4, -0.2) is 187 Å². The lowest BCUT2D eigenvalue weighted by atomic mass is 9.48. The number of nitrogens with zero attached hydrogens (tertiary/aromatic N) is 1. The summed E-state index contributed by atoms with van der Waals surface area (Å²) < 4.78 is 74.2. The summed E-state index contributed by atoms with van der Waals surface area (Å²) in [6, 6.07) is 4.25. The lowest BCUT2D eigenvalue weighted by Crippen LogP contribution is -2.77. The average molecular weight is 812 g/mol. The molecule has 0 aromatic heterocycles. The number of rotatable bonds is 33. The highest BCUT2D eigenvalue weighted by atomic mass is 16.7. The Labute approximate surface area is 339 Å². The SMILES string of the molecule is COCCOCCOCCOCCOCCOCCOCCOCCO[C@H]1CC[C@@]2(O)[C@H]3Cc4ccc(OCOCCOC)c5c4[C@@]2(CCN3CC2CCC2)[C@H]1O5. The van der Waals surface area contributed by atoms with E-state index in [1.54, 1.807) is 14.2 Å². The molecule has 57 heavy (non-hydrogen) atoms. The van der Waals surface area contributed by atoms with E-state index in [9.17, 15) is 5.11 Å². The summed E-state index contributed by atoms with van der Waals surface area (Å²) in [5.41, 5.74) is 0.930. The molecule has 2 bridgehead atoms. The summed E-state index contributed by atoms with van der Waals surface area (Å²) in [4.78, 5) is 2.60. The molecule has 1 aromatic rings. The summed E-state index contributed by atoms with van der Waals surface area (Å²) in [5, 5.41) is 12.9. The molecule has 2 saturated carbocycles. The van der Waals surface area contributed by atoms with E-state index in [1.807, 2.05) is 6.07 Å². The Morgan fingerprint density at radius 3 is 1.75 bits per heavy atom. The zero-order valence-corrected chi connectivity index (χ0v) is 34.5. The van der Waals surface area contributed by atoms with Gasteiger partial charge in [-0.25, -0.2) is 0 Å². The standard InChI is InChI=1S/C42H69NO14/c1-45-12-14-47-16-17-48-18-19-49-20-21-50-22-23-51-24-25-52-26-27-53-28-29-55-36-8-9-42(44)37-30-34-6-7-35(56-32-54-15-13-46-2)39-38(34)41(42,40(36)57-39)10-11-43(37)31-33-4-3-5-33/h6-7,33,36-37,40,44H,3-5,8-32H2,1-2H3/t36-,37+,40-,41-,42+/m0/s1. The third kappa shape index (κ3) is 11.6. The van der Waals surface area contributed by atoms with Gasteiger partial charge in [0.15, 0.2) is 18.3 Å². The largest absolute Gasteiger partial charge is 0.482 e. The van der Waals surface area contributed by atoms with E-state index in [1.165, 1.54) is 24.8 Å². The molecule has 6 rings (SSSR count). The molecule has 1 spiro atoms. The van der Waals surface area contributed by atoms with Gasteiger partial charge in [0, 0.05) is 32.4 Å². The molecule has 0 unspecified atom stereocenters. The van der Waals surface area contributed by atoms with Crippen molar-refractivity contribution in [3.05, 3.63) is 23.3 Å². The molecule has 5 aliphatic rings. The van der Waals surface area contributed by atoms with Gasteiger partial charge in [0.1, 0.15) is 6.10 Å². The maximum Gasteiger partial charge on any atom is 0.189 e. The maximum atomic E-state index is 12.9. The smallest absolute Gasteiger partial charge is 0.189 e. The number of benzene rings is 1. The lowest BCUT2D eigenvalue weighted by Gasteiger charge is -2.64. The van der Waals surface area contributed by atoms with E-state index < -0.39 is 11.0 Å². The second-order valence-electron chi connectivity index (χ2n) is 15.5. The molecule has 2 heterocycles. The maximum absolute atomic E-state index is 12.9. The van der Waals surface area contributed by atoms with Crippen molar-refractivity contribution in [2.75, 3.05) is 153 Å². The van der Waals surface area contributed by atoms with Gasteiger partial charge in [-0.3, -0.25) is 4.90 Å². The molecule has 0 radical (unpaired) electrons. The first-order valence-corrected chi connectivity index (χ1v) is 21.3. The van der Waals surface area contributed by atoms with Gasteiger partial charge in [-0.1, -0.05) is 12.5 Å². The van der Waals surface area contributed by atoms with E-state index in [-0.39, 0.29) is 25.0 Å². The second-order valence-corrected chi connectivity index (χ2v) is 15.5. The van der Waals surface area contributed by atoms with Crippen LogP contribution in [0, 0.1) is 5.92 Å². The third-order valence-electron chi connectivity index (χ3n) is 12.2. The fourth-order valence-corrected chi connectivity index (χ4v) is 9.21. The molecule has 0 amide bonds. The predicted molar refractivity (Wildman–Crippen MR) is 208 cm³/mol. The first-order chi connectivity index (χ1) is 28.1. The summed E-state index contributed by atoms with van der Waals surface area (Å²) in [5.74, 6) is 2.14. The van der Waals surface area contributed by atoms with Crippen LogP contribution in [0.3, 0.4) is 0 Å². The van der Waals surface area contributed by atoms with Gasteiger partial charge in [0.25, 0.3) is 0 Å². The van der Waals surface area contributed by atoms with Crippen molar-refractivity contribution in [3.63, 3.8) is 0 Å². The summed E-state index contributed by atoms with van der Waals surface area (Å²) in [7, 11) is 3.30. The van der Waals surface area contributed by atoms with Crippen molar-refractivity contribution in [1.29, 1.82) is 0 Å². The van der Waals surface area contributed by atoms with Crippen LogP contribution in [0.4, 0.5) is 0 Å². The Hall–Kier alpha value is -1.70. The molecule has 1 aromatic carbocycles. The molecule has 1 saturated heterocycles. The van der Waals surface area contributed by atoms with E-state index in [0.29, 0.717) is 131 Å². The van der Waals surface area contributed by atoms with Crippen molar-refractivity contribution < 1.29 is 66.7 Å². The normalized spacial score (nSPS) is 26.3. The van der Waals surface area contributed by atoms with Crippen molar-refractivity contribution >= 4 is 0 Å². The van der Waals surface area contributed by atoms with Crippen LogP contribution in [0.2, 0.25) is 0 Å². The Morgan fingerprint density at radius 1 is 0.667 bits per heavy atom. The van der Waals surface area contributed by atoms with Crippen molar-refractivity contribution in [3.8, 4) is 11.5 Å². The molecule has 5 atom stereocenters. The van der Waals surface area contributed by atoms with Gasteiger partial charge >= 0.3 is 0 Å². The van der Waals surface area contributed by atoms with E-state index in [2.05, 4.69) is 11.0 Å².